The number of halogens is 1. The fourth-order valence-electron chi connectivity index (χ4n) is 0.997. The van der Waals surface area contributed by atoms with Crippen molar-refractivity contribution in [2.45, 2.75) is 58.5 Å². The molecule has 0 bridgehead atoms. The molecule has 0 aromatic rings. The van der Waals surface area contributed by atoms with Crippen LogP contribution in [0.2, 0.25) is 0 Å². The molecule has 0 fully saturated rings. The lowest BCUT2D eigenvalue weighted by Crippen LogP contribution is -1.96. The zero-order chi connectivity index (χ0) is 7.82. The lowest BCUT2D eigenvalue weighted by atomic mass is 10.1. The van der Waals surface area contributed by atoms with Gasteiger partial charge in [0.1, 0.15) is 0 Å². The fourth-order valence-corrected chi connectivity index (χ4v) is 0.997. The zero-order valence-electron chi connectivity index (χ0n) is 7.20. The van der Waals surface area contributed by atoms with Crippen molar-refractivity contribution in [2.24, 2.45) is 0 Å². The highest BCUT2D eigenvalue weighted by Crippen LogP contribution is 2.09. The molecule has 0 saturated heterocycles. The summed E-state index contributed by atoms with van der Waals surface area (Å²) in [5, 5.41) is 0. The molecule has 0 N–H and O–H groups in total. The smallest absolute Gasteiger partial charge is 0.0999 e. The Hall–Kier alpha value is -0.0700. The maximum Gasteiger partial charge on any atom is 0.0999 e. The van der Waals surface area contributed by atoms with Crippen LogP contribution >= 0.6 is 0 Å². The van der Waals surface area contributed by atoms with E-state index < -0.39 is 6.17 Å². The second-order valence-electron chi connectivity index (χ2n) is 2.85. The van der Waals surface area contributed by atoms with Gasteiger partial charge in [0.25, 0.3) is 0 Å². The van der Waals surface area contributed by atoms with E-state index in [0.717, 1.165) is 12.8 Å². The van der Waals surface area contributed by atoms with Crippen LogP contribution in [-0.4, -0.2) is 6.17 Å². The highest BCUT2D eigenvalue weighted by atomic mass is 19.1. The molecule has 0 aliphatic carbocycles. The first kappa shape index (κ1) is 9.93. The number of alkyl halides is 1. The maximum absolute atomic E-state index is 12.6. The average Bonchev–Trinajstić information content (AvgIpc) is 1.98. The van der Waals surface area contributed by atoms with Crippen LogP contribution in [0.5, 0.6) is 0 Å². The molecular formula is C9H19F. The Morgan fingerprint density at radius 1 is 1.10 bits per heavy atom. The molecule has 0 radical (unpaired) electrons. The van der Waals surface area contributed by atoms with Crippen LogP contribution in [0.15, 0.2) is 0 Å². The molecule has 0 saturated carbocycles. The van der Waals surface area contributed by atoms with Gasteiger partial charge in [-0.15, -0.1) is 0 Å². The van der Waals surface area contributed by atoms with Gasteiger partial charge in [0.2, 0.25) is 0 Å². The summed E-state index contributed by atoms with van der Waals surface area (Å²) >= 11 is 0. The number of unbranched alkanes of at least 4 members (excludes halogenated alkanes) is 3. The Balaban J connectivity index is 2.89. The second kappa shape index (κ2) is 7.04. The Kier molecular flexibility index (Phi) is 6.99. The summed E-state index contributed by atoms with van der Waals surface area (Å²) < 4.78 is 12.6. The molecule has 1 heteroatoms. The average molecular weight is 146 g/mol. The lowest BCUT2D eigenvalue weighted by molar-refractivity contribution is 0.296. The van der Waals surface area contributed by atoms with Gasteiger partial charge in [-0.2, -0.15) is 0 Å². The van der Waals surface area contributed by atoms with Gasteiger partial charge in [-0.1, -0.05) is 39.5 Å². The van der Waals surface area contributed by atoms with Crippen LogP contribution < -0.4 is 0 Å². The number of hydrogen-bond donors (Lipinski definition) is 0. The van der Waals surface area contributed by atoms with Gasteiger partial charge in [-0.3, -0.25) is 0 Å². The van der Waals surface area contributed by atoms with E-state index in [9.17, 15) is 4.39 Å². The Labute approximate surface area is 63.8 Å². The third-order valence-electron chi connectivity index (χ3n) is 1.81. The van der Waals surface area contributed by atoms with Crippen LogP contribution in [0.1, 0.15) is 52.4 Å². The monoisotopic (exact) mass is 146 g/mol. The first-order chi connectivity index (χ1) is 4.81. The quantitative estimate of drug-likeness (QED) is 0.501. The van der Waals surface area contributed by atoms with Crippen molar-refractivity contribution in [3.05, 3.63) is 0 Å². The van der Waals surface area contributed by atoms with Gasteiger partial charge < -0.3 is 0 Å². The van der Waals surface area contributed by atoms with Gasteiger partial charge in [-0.05, 0) is 12.8 Å². The van der Waals surface area contributed by atoms with Gasteiger partial charge >= 0.3 is 0 Å². The summed E-state index contributed by atoms with van der Waals surface area (Å²) in [6.45, 7) is 4.08. The summed E-state index contributed by atoms with van der Waals surface area (Å²) in [4.78, 5) is 0. The van der Waals surface area contributed by atoms with Gasteiger partial charge in [0.05, 0.1) is 6.17 Å². The van der Waals surface area contributed by atoms with E-state index in [2.05, 4.69) is 6.92 Å². The van der Waals surface area contributed by atoms with E-state index in [1.165, 1.54) is 19.3 Å². The molecule has 1 atom stereocenters. The predicted molar refractivity (Wildman–Crippen MR) is 43.9 cm³/mol. The molecule has 0 rings (SSSR count). The molecule has 0 amide bonds. The second-order valence-corrected chi connectivity index (χ2v) is 2.85. The van der Waals surface area contributed by atoms with E-state index in [1.54, 1.807) is 0 Å². The standard InChI is InChI=1S/C9H19F/c1-3-5-6-7-8-9(10)4-2/h9H,3-8H2,1-2H3. The van der Waals surface area contributed by atoms with E-state index in [4.69, 9.17) is 0 Å². The summed E-state index contributed by atoms with van der Waals surface area (Å²) in [5.41, 5.74) is 0. The maximum atomic E-state index is 12.6. The highest BCUT2D eigenvalue weighted by Gasteiger charge is 2.00. The van der Waals surface area contributed by atoms with E-state index in [0.29, 0.717) is 6.42 Å². The van der Waals surface area contributed by atoms with Crippen LogP contribution in [0, 0.1) is 0 Å². The van der Waals surface area contributed by atoms with Gasteiger partial charge in [-0.25, -0.2) is 4.39 Å². The van der Waals surface area contributed by atoms with E-state index >= 15 is 0 Å². The van der Waals surface area contributed by atoms with Crippen molar-refractivity contribution >= 4 is 0 Å². The zero-order valence-corrected chi connectivity index (χ0v) is 7.20. The molecular weight excluding hydrogens is 127 g/mol. The first-order valence-corrected chi connectivity index (χ1v) is 4.45. The molecule has 62 valence electrons. The van der Waals surface area contributed by atoms with Crippen molar-refractivity contribution < 1.29 is 4.39 Å². The molecule has 10 heavy (non-hydrogen) atoms. The summed E-state index contributed by atoms with van der Waals surface area (Å²) in [6.07, 6.45) is 5.69. The Bertz CT molecular complexity index is 61.7. The minimum atomic E-state index is -0.545. The molecule has 0 heterocycles. The summed E-state index contributed by atoms with van der Waals surface area (Å²) in [7, 11) is 0. The number of rotatable bonds is 6. The van der Waals surface area contributed by atoms with Crippen molar-refractivity contribution in [3.8, 4) is 0 Å². The van der Waals surface area contributed by atoms with Crippen molar-refractivity contribution in [2.75, 3.05) is 0 Å². The fraction of sp³-hybridized carbons (Fsp3) is 1.00. The molecule has 0 aliphatic heterocycles. The third-order valence-corrected chi connectivity index (χ3v) is 1.81. The van der Waals surface area contributed by atoms with Crippen molar-refractivity contribution in [1.82, 2.24) is 0 Å². The van der Waals surface area contributed by atoms with Crippen LogP contribution in [0.3, 0.4) is 0 Å². The molecule has 0 aromatic heterocycles. The largest absolute Gasteiger partial charge is 0.248 e. The molecule has 0 nitrogen and oxygen atoms in total. The molecule has 0 aliphatic rings. The Morgan fingerprint density at radius 2 is 1.80 bits per heavy atom. The van der Waals surface area contributed by atoms with E-state index in [1.807, 2.05) is 6.92 Å². The van der Waals surface area contributed by atoms with Crippen molar-refractivity contribution in [3.63, 3.8) is 0 Å². The molecule has 0 aromatic carbocycles. The van der Waals surface area contributed by atoms with E-state index in [-0.39, 0.29) is 0 Å². The summed E-state index contributed by atoms with van der Waals surface area (Å²) in [5.74, 6) is 0. The first-order valence-electron chi connectivity index (χ1n) is 4.45. The molecule has 1 unspecified atom stereocenters. The summed E-state index contributed by atoms with van der Waals surface area (Å²) in [6, 6.07) is 0. The topological polar surface area (TPSA) is 0 Å². The third kappa shape index (κ3) is 6.06. The normalized spacial score (nSPS) is 13.5. The number of hydrogen-bond acceptors (Lipinski definition) is 0. The van der Waals surface area contributed by atoms with Crippen molar-refractivity contribution in [1.29, 1.82) is 0 Å². The molecule has 0 spiro atoms. The Morgan fingerprint density at radius 3 is 2.30 bits per heavy atom. The predicted octanol–water partition coefficient (Wildman–Crippen LogP) is 3.70. The van der Waals surface area contributed by atoms with Crippen LogP contribution in [-0.2, 0) is 0 Å². The lowest BCUT2D eigenvalue weighted by Gasteiger charge is -2.02. The minimum Gasteiger partial charge on any atom is -0.248 e. The van der Waals surface area contributed by atoms with Crippen LogP contribution in [0.4, 0.5) is 4.39 Å². The van der Waals surface area contributed by atoms with Gasteiger partial charge in [0.15, 0.2) is 0 Å². The van der Waals surface area contributed by atoms with Gasteiger partial charge in [0, 0.05) is 0 Å². The highest BCUT2D eigenvalue weighted by molar-refractivity contribution is 4.52. The SMILES string of the molecule is CCCCCCC(F)CC. The minimum absolute atomic E-state index is 0.545. The van der Waals surface area contributed by atoms with Crippen LogP contribution in [0.25, 0.3) is 0 Å².